The van der Waals surface area contributed by atoms with Crippen molar-refractivity contribution in [3.8, 4) is 11.5 Å². The molecule has 0 bridgehead atoms. The summed E-state index contributed by atoms with van der Waals surface area (Å²) in [5.74, 6) is 0.189. The van der Waals surface area contributed by atoms with E-state index in [4.69, 9.17) is 9.47 Å². The SMILES string of the molecule is CCCCN1C(=O)c2ccccc2N2C(=O)CCC12C(=O)Nc1cc(OC)cc(OC)c1. The Morgan fingerprint density at radius 1 is 1.09 bits per heavy atom. The number of unbranched alkanes of at least 4 members (excludes halogenated alkanes) is 1. The van der Waals surface area contributed by atoms with Crippen molar-refractivity contribution in [2.45, 2.75) is 38.3 Å². The zero-order valence-corrected chi connectivity index (χ0v) is 18.5. The molecule has 0 saturated carbocycles. The molecule has 1 saturated heterocycles. The first-order valence-electron chi connectivity index (χ1n) is 10.7. The molecule has 2 heterocycles. The Labute approximate surface area is 187 Å². The van der Waals surface area contributed by atoms with Gasteiger partial charge in [0.2, 0.25) is 11.6 Å². The molecule has 1 unspecified atom stereocenters. The summed E-state index contributed by atoms with van der Waals surface area (Å²) in [6, 6.07) is 12.0. The van der Waals surface area contributed by atoms with E-state index in [2.05, 4.69) is 5.32 Å². The molecule has 0 aromatic heterocycles. The van der Waals surface area contributed by atoms with E-state index < -0.39 is 11.6 Å². The van der Waals surface area contributed by atoms with E-state index in [0.29, 0.717) is 35.0 Å². The Morgan fingerprint density at radius 2 is 1.78 bits per heavy atom. The molecule has 8 heteroatoms. The molecule has 2 aromatic rings. The largest absolute Gasteiger partial charge is 0.497 e. The molecule has 0 aliphatic carbocycles. The summed E-state index contributed by atoms with van der Waals surface area (Å²) in [7, 11) is 3.05. The van der Waals surface area contributed by atoms with Gasteiger partial charge in [-0.15, -0.1) is 0 Å². The van der Waals surface area contributed by atoms with Gasteiger partial charge >= 0.3 is 0 Å². The van der Waals surface area contributed by atoms with Crippen LogP contribution < -0.4 is 19.7 Å². The van der Waals surface area contributed by atoms with Crippen molar-refractivity contribution in [2.75, 3.05) is 31.0 Å². The number of fused-ring (bicyclic) bond motifs is 3. The van der Waals surface area contributed by atoms with Crippen LogP contribution in [0.5, 0.6) is 11.5 Å². The highest BCUT2D eigenvalue weighted by Gasteiger charge is 2.60. The van der Waals surface area contributed by atoms with Gasteiger partial charge in [-0.1, -0.05) is 25.5 Å². The van der Waals surface area contributed by atoms with E-state index in [-0.39, 0.29) is 24.7 Å². The van der Waals surface area contributed by atoms with Crippen LogP contribution in [0.4, 0.5) is 11.4 Å². The van der Waals surface area contributed by atoms with Crippen LogP contribution in [0.15, 0.2) is 42.5 Å². The van der Waals surface area contributed by atoms with Gasteiger partial charge < -0.3 is 19.7 Å². The monoisotopic (exact) mass is 437 g/mol. The third-order valence-corrected chi connectivity index (χ3v) is 6.08. The maximum absolute atomic E-state index is 13.9. The number of carbonyl (C=O) groups is 3. The van der Waals surface area contributed by atoms with E-state index in [0.717, 1.165) is 12.8 Å². The molecule has 4 rings (SSSR count). The summed E-state index contributed by atoms with van der Waals surface area (Å²) in [5, 5.41) is 2.91. The average Bonchev–Trinajstić information content (AvgIpc) is 3.17. The van der Waals surface area contributed by atoms with Crippen LogP contribution in [0.25, 0.3) is 0 Å². The molecule has 0 radical (unpaired) electrons. The van der Waals surface area contributed by atoms with Crippen LogP contribution in [-0.2, 0) is 9.59 Å². The van der Waals surface area contributed by atoms with Crippen LogP contribution in [0.2, 0.25) is 0 Å². The normalized spacial score (nSPS) is 19.5. The summed E-state index contributed by atoms with van der Waals surface area (Å²) >= 11 is 0. The molecule has 3 amide bonds. The van der Waals surface area contributed by atoms with Crippen LogP contribution in [0.3, 0.4) is 0 Å². The third kappa shape index (κ3) is 3.36. The number of ether oxygens (including phenoxy) is 2. The number of nitrogens with one attached hydrogen (secondary N) is 1. The van der Waals surface area contributed by atoms with Gasteiger partial charge in [-0.25, -0.2) is 0 Å². The van der Waals surface area contributed by atoms with Crippen molar-refractivity contribution in [1.29, 1.82) is 0 Å². The quantitative estimate of drug-likeness (QED) is 0.717. The predicted octanol–water partition coefficient (Wildman–Crippen LogP) is 3.42. The fraction of sp³-hybridized carbons (Fsp3) is 0.375. The minimum Gasteiger partial charge on any atom is -0.497 e. The van der Waals surface area contributed by atoms with Crippen LogP contribution in [-0.4, -0.2) is 49.0 Å². The number of benzene rings is 2. The summed E-state index contributed by atoms with van der Waals surface area (Å²) in [4.78, 5) is 43.5. The summed E-state index contributed by atoms with van der Waals surface area (Å²) < 4.78 is 10.6. The highest BCUT2D eigenvalue weighted by molar-refractivity contribution is 6.18. The zero-order valence-electron chi connectivity index (χ0n) is 18.5. The van der Waals surface area contributed by atoms with Gasteiger partial charge in [0.05, 0.1) is 25.5 Å². The standard InChI is InChI=1S/C24H27N3O5/c1-4-5-12-26-22(29)19-8-6-7-9-20(19)27-21(28)10-11-24(26,27)23(30)25-16-13-17(31-2)15-18(14-16)32-3/h6-9,13-15H,4-5,10-12H2,1-3H3,(H,25,30). The van der Waals surface area contributed by atoms with Crippen molar-refractivity contribution in [3.63, 3.8) is 0 Å². The molecule has 1 N–H and O–H groups in total. The molecule has 32 heavy (non-hydrogen) atoms. The van der Waals surface area contributed by atoms with E-state index in [1.54, 1.807) is 47.4 Å². The molecule has 2 aromatic carbocycles. The number of rotatable bonds is 7. The summed E-state index contributed by atoms with van der Waals surface area (Å²) in [6.07, 6.45) is 1.98. The number of anilines is 2. The zero-order chi connectivity index (χ0) is 22.9. The first-order chi connectivity index (χ1) is 15.5. The first-order valence-corrected chi connectivity index (χ1v) is 10.7. The molecule has 2 aliphatic heterocycles. The van der Waals surface area contributed by atoms with Gasteiger partial charge in [0, 0.05) is 43.3 Å². The van der Waals surface area contributed by atoms with Crippen molar-refractivity contribution in [3.05, 3.63) is 48.0 Å². The molecule has 0 spiro atoms. The fourth-order valence-corrected chi connectivity index (χ4v) is 4.51. The van der Waals surface area contributed by atoms with E-state index >= 15 is 0 Å². The highest BCUT2D eigenvalue weighted by atomic mass is 16.5. The summed E-state index contributed by atoms with van der Waals surface area (Å²) in [5.41, 5.74) is -0.0494. The number of amides is 3. The van der Waals surface area contributed by atoms with Crippen molar-refractivity contribution >= 4 is 29.1 Å². The summed E-state index contributed by atoms with van der Waals surface area (Å²) in [6.45, 7) is 2.40. The van der Waals surface area contributed by atoms with Crippen molar-refractivity contribution < 1.29 is 23.9 Å². The predicted molar refractivity (Wildman–Crippen MR) is 120 cm³/mol. The first kappa shape index (κ1) is 21.7. The minimum absolute atomic E-state index is 0.176. The van der Waals surface area contributed by atoms with Crippen molar-refractivity contribution in [1.82, 2.24) is 4.90 Å². The molecule has 1 atom stereocenters. The van der Waals surface area contributed by atoms with E-state index in [1.807, 2.05) is 6.92 Å². The topological polar surface area (TPSA) is 88.2 Å². The van der Waals surface area contributed by atoms with Crippen LogP contribution >= 0.6 is 0 Å². The number of hydrogen-bond donors (Lipinski definition) is 1. The van der Waals surface area contributed by atoms with Gasteiger partial charge in [0.1, 0.15) is 11.5 Å². The molecular formula is C24H27N3O5. The molecular weight excluding hydrogens is 410 g/mol. The molecule has 168 valence electrons. The molecule has 1 fully saturated rings. The van der Waals surface area contributed by atoms with Crippen molar-refractivity contribution in [2.24, 2.45) is 0 Å². The maximum atomic E-state index is 13.9. The average molecular weight is 437 g/mol. The maximum Gasteiger partial charge on any atom is 0.271 e. The second kappa shape index (κ2) is 8.53. The smallest absolute Gasteiger partial charge is 0.271 e. The van der Waals surface area contributed by atoms with Gasteiger partial charge in [0.15, 0.2) is 0 Å². The van der Waals surface area contributed by atoms with Crippen LogP contribution in [0, 0.1) is 0 Å². The van der Waals surface area contributed by atoms with Gasteiger partial charge in [-0.2, -0.15) is 0 Å². The van der Waals surface area contributed by atoms with Gasteiger partial charge in [0.25, 0.3) is 11.8 Å². The highest BCUT2D eigenvalue weighted by Crippen LogP contribution is 2.45. The number of nitrogens with zero attached hydrogens (tertiary/aromatic N) is 2. The Balaban J connectivity index is 1.81. The number of hydrogen-bond acceptors (Lipinski definition) is 5. The van der Waals surface area contributed by atoms with Crippen LogP contribution in [0.1, 0.15) is 43.0 Å². The Morgan fingerprint density at radius 3 is 2.44 bits per heavy atom. The number of para-hydroxylation sites is 1. The van der Waals surface area contributed by atoms with Gasteiger partial charge in [-0.3, -0.25) is 19.3 Å². The number of methoxy groups -OCH3 is 2. The second-order valence-corrected chi connectivity index (χ2v) is 7.93. The van der Waals surface area contributed by atoms with Gasteiger partial charge in [-0.05, 0) is 18.6 Å². The number of carbonyl (C=O) groups excluding carboxylic acids is 3. The lowest BCUT2D eigenvalue weighted by atomic mass is 9.95. The molecule has 8 nitrogen and oxygen atoms in total. The Bertz CT molecular complexity index is 1050. The lowest BCUT2D eigenvalue weighted by Crippen LogP contribution is -2.69. The lowest BCUT2D eigenvalue weighted by molar-refractivity contribution is -0.129. The fourth-order valence-electron chi connectivity index (χ4n) is 4.51. The van der Waals surface area contributed by atoms with E-state index in [9.17, 15) is 14.4 Å². The third-order valence-electron chi connectivity index (χ3n) is 6.08. The lowest BCUT2D eigenvalue weighted by Gasteiger charge is -2.49. The Kier molecular flexibility index (Phi) is 5.78. The minimum atomic E-state index is -1.42. The molecule has 2 aliphatic rings. The van der Waals surface area contributed by atoms with E-state index in [1.165, 1.54) is 19.1 Å². The Hall–Kier alpha value is -3.55. The second-order valence-electron chi connectivity index (χ2n) is 7.93.